The van der Waals surface area contributed by atoms with E-state index in [0.29, 0.717) is 6.61 Å². The van der Waals surface area contributed by atoms with Crippen molar-refractivity contribution in [2.45, 2.75) is 13.5 Å². The second-order valence-corrected chi connectivity index (χ2v) is 7.61. The van der Waals surface area contributed by atoms with E-state index < -0.39 is 0 Å². The lowest BCUT2D eigenvalue weighted by Crippen LogP contribution is -2.48. The monoisotopic (exact) mass is 415 g/mol. The Bertz CT molecular complexity index is 837. The minimum Gasteiger partial charge on any atom is -0.298 e. The standard InChI is InChI=1S/C20H26ClN7O/c1-16-23-25-28(24-16)29-14-13-26-9-11-27(12-10-26)15-18-3-2-8-22-20(18)17-4-6-19(21)7-5-17/h2-8,25H,9-15H2,1H3,(H,23,24). The summed E-state index contributed by atoms with van der Waals surface area (Å²) < 4.78 is 0. The number of nitrogens with one attached hydrogen (secondary N) is 2. The van der Waals surface area contributed by atoms with Gasteiger partial charge < -0.3 is 0 Å². The quantitative estimate of drug-likeness (QED) is 0.717. The third kappa shape index (κ3) is 5.43. The number of hydrogen-bond acceptors (Lipinski definition) is 8. The molecule has 154 valence electrons. The Morgan fingerprint density at radius 3 is 2.55 bits per heavy atom. The molecule has 0 radical (unpaired) electrons. The molecular formula is C20H26ClN7O. The number of amidine groups is 1. The first-order valence-corrected chi connectivity index (χ1v) is 10.2. The predicted molar refractivity (Wildman–Crippen MR) is 114 cm³/mol. The summed E-state index contributed by atoms with van der Waals surface area (Å²) in [7, 11) is 0. The summed E-state index contributed by atoms with van der Waals surface area (Å²) in [5.41, 5.74) is 9.08. The Kier molecular flexibility index (Phi) is 6.58. The molecule has 0 atom stereocenters. The average Bonchev–Trinajstić information content (AvgIpc) is 3.15. The van der Waals surface area contributed by atoms with Gasteiger partial charge in [-0.25, -0.2) is 0 Å². The number of hydrogen-bond donors (Lipinski definition) is 2. The molecule has 0 amide bonds. The highest BCUT2D eigenvalue weighted by Gasteiger charge is 2.19. The van der Waals surface area contributed by atoms with Gasteiger partial charge in [-0.2, -0.15) is 5.53 Å². The Labute approximate surface area is 176 Å². The van der Waals surface area contributed by atoms with Gasteiger partial charge in [-0.15, -0.1) is 5.10 Å². The lowest BCUT2D eigenvalue weighted by Gasteiger charge is -2.35. The number of rotatable bonds is 7. The molecule has 3 heterocycles. The van der Waals surface area contributed by atoms with Gasteiger partial charge >= 0.3 is 0 Å². The summed E-state index contributed by atoms with van der Waals surface area (Å²) in [4.78, 5) is 15.1. The normalized spacial score (nSPS) is 18.3. The molecule has 8 nitrogen and oxygen atoms in total. The minimum absolute atomic E-state index is 0.603. The van der Waals surface area contributed by atoms with E-state index in [-0.39, 0.29) is 0 Å². The number of nitrogens with zero attached hydrogens (tertiary/aromatic N) is 5. The van der Waals surface area contributed by atoms with E-state index in [9.17, 15) is 0 Å². The summed E-state index contributed by atoms with van der Waals surface area (Å²) in [6.07, 6.45) is 1.85. The molecule has 0 unspecified atom stereocenters. The largest absolute Gasteiger partial charge is 0.298 e. The fourth-order valence-corrected chi connectivity index (χ4v) is 3.61. The van der Waals surface area contributed by atoms with Gasteiger partial charge in [-0.3, -0.25) is 25.0 Å². The lowest BCUT2D eigenvalue weighted by atomic mass is 10.1. The van der Waals surface area contributed by atoms with Crippen molar-refractivity contribution in [2.24, 2.45) is 5.10 Å². The van der Waals surface area contributed by atoms with Crippen LogP contribution in [0.3, 0.4) is 0 Å². The highest BCUT2D eigenvalue weighted by molar-refractivity contribution is 6.30. The number of pyridine rings is 1. The van der Waals surface area contributed by atoms with Crippen LogP contribution in [0.1, 0.15) is 12.5 Å². The van der Waals surface area contributed by atoms with Crippen molar-refractivity contribution in [3.8, 4) is 11.3 Å². The summed E-state index contributed by atoms with van der Waals surface area (Å²) in [6.45, 7) is 8.35. The van der Waals surface area contributed by atoms with Crippen LogP contribution in [-0.4, -0.2) is 65.2 Å². The first-order chi connectivity index (χ1) is 14.2. The second-order valence-electron chi connectivity index (χ2n) is 7.17. The van der Waals surface area contributed by atoms with E-state index in [1.54, 1.807) is 0 Å². The lowest BCUT2D eigenvalue weighted by molar-refractivity contribution is -0.211. The molecule has 29 heavy (non-hydrogen) atoms. The molecule has 0 bridgehead atoms. The van der Waals surface area contributed by atoms with Gasteiger partial charge in [0.2, 0.25) is 0 Å². The van der Waals surface area contributed by atoms with Crippen LogP contribution in [0.15, 0.2) is 47.7 Å². The topological polar surface area (TPSA) is 68.3 Å². The van der Waals surface area contributed by atoms with Crippen LogP contribution in [0.5, 0.6) is 0 Å². The molecule has 2 aromatic rings. The van der Waals surface area contributed by atoms with Crippen LogP contribution in [0.25, 0.3) is 11.3 Å². The van der Waals surface area contributed by atoms with Crippen molar-refractivity contribution in [1.82, 2.24) is 31.0 Å². The van der Waals surface area contributed by atoms with Crippen LogP contribution < -0.4 is 11.0 Å². The molecule has 1 fully saturated rings. The van der Waals surface area contributed by atoms with Gasteiger partial charge in [0.1, 0.15) is 5.84 Å². The van der Waals surface area contributed by atoms with Crippen LogP contribution in [0.4, 0.5) is 0 Å². The van der Waals surface area contributed by atoms with Crippen molar-refractivity contribution in [1.29, 1.82) is 0 Å². The van der Waals surface area contributed by atoms with E-state index in [1.165, 1.54) is 10.8 Å². The second kappa shape index (κ2) is 9.51. The Balaban J connectivity index is 1.25. The first-order valence-electron chi connectivity index (χ1n) is 9.81. The van der Waals surface area contributed by atoms with Crippen LogP contribution in [-0.2, 0) is 11.4 Å². The highest BCUT2D eigenvalue weighted by Crippen LogP contribution is 2.24. The van der Waals surface area contributed by atoms with Gasteiger partial charge in [0, 0.05) is 61.3 Å². The van der Waals surface area contributed by atoms with Gasteiger partial charge in [0.25, 0.3) is 0 Å². The third-order valence-electron chi connectivity index (χ3n) is 5.07. The molecule has 2 aliphatic heterocycles. The SMILES string of the molecule is CC1=NNN(OCCN2CCN(Cc3cccnc3-c3ccc(Cl)cc3)CC2)N1. The number of piperazine rings is 1. The Morgan fingerprint density at radius 1 is 1.07 bits per heavy atom. The Morgan fingerprint density at radius 2 is 1.83 bits per heavy atom. The maximum Gasteiger partial charge on any atom is 0.138 e. The van der Waals surface area contributed by atoms with Crippen LogP contribution in [0.2, 0.25) is 5.02 Å². The number of hydrazine groups is 2. The van der Waals surface area contributed by atoms with Gasteiger partial charge in [-0.1, -0.05) is 29.8 Å². The number of hydrazone groups is 1. The van der Waals surface area contributed by atoms with Crippen molar-refractivity contribution < 1.29 is 4.84 Å². The summed E-state index contributed by atoms with van der Waals surface area (Å²) in [5.74, 6) is 0.784. The van der Waals surface area contributed by atoms with Crippen LogP contribution in [0, 0.1) is 0 Å². The molecular weight excluding hydrogens is 390 g/mol. The molecule has 1 aromatic carbocycles. The van der Waals surface area contributed by atoms with Crippen molar-refractivity contribution in [3.63, 3.8) is 0 Å². The highest BCUT2D eigenvalue weighted by atomic mass is 35.5. The number of halogens is 1. The first kappa shape index (κ1) is 20.1. The van der Waals surface area contributed by atoms with E-state index >= 15 is 0 Å². The Hall–Kier alpha value is -2.23. The maximum absolute atomic E-state index is 6.03. The van der Waals surface area contributed by atoms with Gasteiger partial charge in [0.05, 0.1) is 12.3 Å². The zero-order valence-electron chi connectivity index (χ0n) is 16.5. The fraction of sp³-hybridized carbons (Fsp3) is 0.400. The summed E-state index contributed by atoms with van der Waals surface area (Å²) >= 11 is 6.03. The number of benzene rings is 1. The molecule has 2 N–H and O–H groups in total. The summed E-state index contributed by atoms with van der Waals surface area (Å²) in [6, 6.07) is 12.1. The molecule has 0 saturated carbocycles. The summed E-state index contributed by atoms with van der Waals surface area (Å²) in [5, 5.41) is 6.17. The van der Waals surface area contributed by atoms with Crippen molar-refractivity contribution in [2.75, 3.05) is 39.3 Å². The van der Waals surface area contributed by atoms with E-state index in [2.05, 4.69) is 36.9 Å². The minimum atomic E-state index is 0.603. The zero-order chi connectivity index (χ0) is 20.1. The van der Waals surface area contributed by atoms with Crippen LogP contribution >= 0.6 is 11.6 Å². The smallest absolute Gasteiger partial charge is 0.138 e. The molecule has 1 saturated heterocycles. The van der Waals surface area contributed by atoms with Gasteiger partial charge in [0.15, 0.2) is 0 Å². The molecule has 4 rings (SSSR count). The molecule has 1 aromatic heterocycles. The molecule has 9 heteroatoms. The van der Waals surface area contributed by atoms with Gasteiger partial charge in [-0.05, 0) is 30.7 Å². The average molecular weight is 416 g/mol. The molecule has 0 spiro atoms. The molecule has 0 aliphatic carbocycles. The van der Waals surface area contributed by atoms with E-state index in [1.807, 2.05) is 43.5 Å². The van der Waals surface area contributed by atoms with E-state index in [4.69, 9.17) is 16.4 Å². The maximum atomic E-state index is 6.03. The molecule has 2 aliphatic rings. The predicted octanol–water partition coefficient (Wildman–Crippen LogP) is 2.11. The number of aromatic nitrogens is 1. The third-order valence-corrected chi connectivity index (χ3v) is 5.32. The zero-order valence-corrected chi connectivity index (χ0v) is 17.3. The fourth-order valence-electron chi connectivity index (χ4n) is 3.49. The van der Waals surface area contributed by atoms with Crippen molar-refractivity contribution in [3.05, 3.63) is 53.2 Å². The van der Waals surface area contributed by atoms with E-state index in [0.717, 1.165) is 61.4 Å². The van der Waals surface area contributed by atoms with Crippen molar-refractivity contribution >= 4 is 17.4 Å².